The minimum Gasteiger partial charge on any atom is -0.578 e. The van der Waals surface area contributed by atoms with E-state index >= 15 is 0 Å². The molecule has 0 spiro atoms. The Hall–Kier alpha value is -0.128. The van der Waals surface area contributed by atoms with Gasteiger partial charge in [-0.25, -0.2) is 0 Å². The quantitative estimate of drug-likeness (QED) is 0.736. The van der Waals surface area contributed by atoms with Gasteiger partial charge in [0.15, 0.2) is 0 Å². The van der Waals surface area contributed by atoms with E-state index in [0.717, 1.165) is 5.76 Å². The second kappa shape index (κ2) is 3.81. The fraction of sp³-hybridized carbons (Fsp3) is 0.500. The third-order valence-electron chi connectivity index (χ3n) is 0.977. The number of hydrogen-bond acceptors (Lipinski definition) is 2. The predicted octanol–water partition coefficient (Wildman–Crippen LogP) is 1.60. The Balaban J connectivity index is 0.000000640. The van der Waals surface area contributed by atoms with Gasteiger partial charge in [0.25, 0.3) is 0 Å². The average molecular weight is 296 g/mol. The van der Waals surface area contributed by atoms with Crippen LogP contribution in [-0.4, -0.2) is 4.98 Å². The van der Waals surface area contributed by atoms with Gasteiger partial charge >= 0.3 is 0 Å². The van der Waals surface area contributed by atoms with Gasteiger partial charge in [0.2, 0.25) is 0 Å². The molecule has 0 bridgehead atoms. The standard InChI is InChI=1S/C6H8NO.Re/c1-5(2)6-3-7-4-8-6;/h3,5H,1-2H3;/q-1;. The van der Waals surface area contributed by atoms with Crippen LogP contribution in [0.4, 0.5) is 0 Å². The summed E-state index contributed by atoms with van der Waals surface area (Å²) < 4.78 is 4.86. The van der Waals surface area contributed by atoms with E-state index in [9.17, 15) is 0 Å². The van der Waals surface area contributed by atoms with E-state index in [2.05, 4.69) is 11.4 Å². The molecule has 0 atom stereocenters. The Morgan fingerprint density at radius 1 is 1.67 bits per heavy atom. The summed E-state index contributed by atoms with van der Waals surface area (Å²) in [4.78, 5) is 3.65. The fourth-order valence-electron chi connectivity index (χ4n) is 0.462. The van der Waals surface area contributed by atoms with E-state index in [1.54, 1.807) is 6.20 Å². The van der Waals surface area contributed by atoms with Gasteiger partial charge in [0, 0.05) is 20.4 Å². The number of hydrogen-bond donors (Lipinski definition) is 0. The second-order valence-electron chi connectivity index (χ2n) is 2.01. The number of oxazole rings is 1. The minimum absolute atomic E-state index is 0. The van der Waals surface area contributed by atoms with Crippen LogP contribution in [0.3, 0.4) is 0 Å². The van der Waals surface area contributed by atoms with E-state index in [0.29, 0.717) is 5.92 Å². The first kappa shape index (κ1) is 8.87. The first-order valence-electron chi connectivity index (χ1n) is 2.62. The normalized spacial score (nSPS) is 9.22. The SMILES string of the molecule is CC(C)c1cn[c-]o1.[Re]. The monoisotopic (exact) mass is 297 g/mol. The summed E-state index contributed by atoms with van der Waals surface area (Å²) >= 11 is 0. The fourth-order valence-corrected chi connectivity index (χ4v) is 0.462. The molecule has 0 unspecified atom stereocenters. The molecule has 0 aromatic carbocycles. The molecule has 0 aliphatic rings. The number of aromatic nitrogens is 1. The number of nitrogens with zero attached hydrogens (tertiary/aromatic N) is 1. The summed E-state index contributed by atoms with van der Waals surface area (Å²) in [7, 11) is 0. The molecular weight excluding hydrogens is 288 g/mol. The molecule has 3 heteroatoms. The van der Waals surface area contributed by atoms with Crippen molar-refractivity contribution in [3.8, 4) is 0 Å². The first-order chi connectivity index (χ1) is 3.80. The zero-order chi connectivity index (χ0) is 5.98. The van der Waals surface area contributed by atoms with Gasteiger partial charge in [-0.15, -0.1) is 0 Å². The van der Waals surface area contributed by atoms with Crippen molar-refractivity contribution in [3.05, 3.63) is 18.4 Å². The molecule has 0 saturated heterocycles. The van der Waals surface area contributed by atoms with Crippen LogP contribution in [0.1, 0.15) is 25.5 Å². The molecule has 1 aromatic heterocycles. The summed E-state index contributed by atoms with van der Waals surface area (Å²) in [5, 5.41) is 0. The van der Waals surface area contributed by atoms with Gasteiger partial charge in [-0.1, -0.05) is 20.0 Å². The van der Waals surface area contributed by atoms with Crippen molar-refractivity contribution in [2.45, 2.75) is 19.8 Å². The van der Waals surface area contributed by atoms with Crippen LogP contribution < -0.4 is 0 Å². The summed E-state index contributed by atoms with van der Waals surface area (Å²) in [5.74, 6) is 1.32. The van der Waals surface area contributed by atoms with Crippen LogP contribution in [0.15, 0.2) is 10.6 Å². The zero-order valence-electron chi connectivity index (χ0n) is 5.39. The van der Waals surface area contributed by atoms with E-state index in [1.165, 1.54) is 0 Å². The summed E-state index contributed by atoms with van der Waals surface area (Å²) in [6.07, 6.45) is 4.07. The van der Waals surface area contributed by atoms with Crippen LogP contribution in [0.5, 0.6) is 0 Å². The van der Waals surface area contributed by atoms with Gasteiger partial charge in [0.1, 0.15) is 6.39 Å². The van der Waals surface area contributed by atoms with E-state index in [4.69, 9.17) is 4.42 Å². The van der Waals surface area contributed by atoms with Crippen LogP contribution in [0.2, 0.25) is 0 Å². The van der Waals surface area contributed by atoms with Gasteiger partial charge in [-0.05, 0) is 11.7 Å². The summed E-state index contributed by atoms with van der Waals surface area (Å²) in [5.41, 5.74) is 0. The Kier molecular flexibility index (Phi) is 3.76. The molecule has 1 rings (SSSR count). The molecule has 0 saturated carbocycles. The molecule has 1 heterocycles. The van der Waals surface area contributed by atoms with Gasteiger partial charge < -0.3 is 9.40 Å². The van der Waals surface area contributed by atoms with Crippen molar-refractivity contribution in [3.63, 3.8) is 0 Å². The summed E-state index contributed by atoms with van der Waals surface area (Å²) in [6.45, 7) is 4.10. The maximum absolute atomic E-state index is 4.86. The Labute approximate surface area is 68.3 Å². The van der Waals surface area contributed by atoms with Gasteiger partial charge in [-0.2, -0.15) is 0 Å². The maximum Gasteiger partial charge on any atom is 0.102 e. The smallest absolute Gasteiger partial charge is 0.102 e. The molecule has 9 heavy (non-hydrogen) atoms. The molecule has 1 radical (unpaired) electrons. The Morgan fingerprint density at radius 3 is 2.56 bits per heavy atom. The Bertz CT molecular complexity index is 148. The molecular formula is C6H8NORe-. The van der Waals surface area contributed by atoms with Crippen molar-refractivity contribution in [1.82, 2.24) is 4.98 Å². The molecule has 51 valence electrons. The largest absolute Gasteiger partial charge is 0.578 e. The third kappa shape index (κ3) is 2.30. The molecule has 2 nitrogen and oxygen atoms in total. The van der Waals surface area contributed by atoms with Crippen molar-refractivity contribution in [1.29, 1.82) is 0 Å². The third-order valence-corrected chi connectivity index (χ3v) is 0.977. The molecule has 0 aliphatic carbocycles. The molecule has 1 aromatic rings. The first-order valence-corrected chi connectivity index (χ1v) is 2.62. The van der Waals surface area contributed by atoms with E-state index < -0.39 is 0 Å². The predicted molar refractivity (Wildman–Crippen MR) is 29.4 cm³/mol. The minimum atomic E-state index is 0. The molecule has 0 aliphatic heterocycles. The van der Waals surface area contributed by atoms with Crippen molar-refractivity contribution in [2.24, 2.45) is 0 Å². The van der Waals surface area contributed by atoms with Gasteiger partial charge in [-0.3, -0.25) is 0 Å². The van der Waals surface area contributed by atoms with Gasteiger partial charge in [0.05, 0.1) is 0 Å². The van der Waals surface area contributed by atoms with Crippen LogP contribution >= 0.6 is 0 Å². The van der Waals surface area contributed by atoms with Crippen molar-refractivity contribution < 1.29 is 24.8 Å². The average Bonchev–Trinajstić information content (AvgIpc) is 2.12. The number of rotatable bonds is 1. The van der Waals surface area contributed by atoms with E-state index in [-0.39, 0.29) is 20.4 Å². The van der Waals surface area contributed by atoms with Crippen LogP contribution in [0.25, 0.3) is 0 Å². The molecule has 0 fully saturated rings. The van der Waals surface area contributed by atoms with Crippen LogP contribution in [0, 0.1) is 6.39 Å². The van der Waals surface area contributed by atoms with E-state index in [1.807, 2.05) is 13.8 Å². The zero-order valence-corrected chi connectivity index (χ0v) is 8.10. The van der Waals surface area contributed by atoms with Crippen molar-refractivity contribution >= 4 is 0 Å². The molecule has 0 amide bonds. The molecule has 0 N–H and O–H groups in total. The van der Waals surface area contributed by atoms with Crippen LogP contribution in [-0.2, 0) is 20.4 Å². The summed E-state index contributed by atoms with van der Waals surface area (Å²) in [6, 6.07) is 0. The van der Waals surface area contributed by atoms with Crippen molar-refractivity contribution in [2.75, 3.05) is 0 Å². The Morgan fingerprint density at radius 2 is 2.33 bits per heavy atom. The second-order valence-corrected chi connectivity index (χ2v) is 2.01. The maximum atomic E-state index is 4.86. The topological polar surface area (TPSA) is 26.0 Å².